The summed E-state index contributed by atoms with van der Waals surface area (Å²) in [5.74, 6) is 1.14. The number of carbonyl (C=O) groups excluding carboxylic acids is 1. The lowest BCUT2D eigenvalue weighted by Gasteiger charge is -2.02. The highest BCUT2D eigenvalue weighted by Gasteiger charge is 2.10. The first-order valence-electron chi connectivity index (χ1n) is 5.64. The van der Waals surface area contributed by atoms with Gasteiger partial charge in [-0.05, 0) is 24.3 Å². The van der Waals surface area contributed by atoms with Crippen molar-refractivity contribution in [1.82, 2.24) is 0 Å². The van der Waals surface area contributed by atoms with Gasteiger partial charge in [0.05, 0.1) is 0 Å². The zero-order valence-corrected chi connectivity index (χ0v) is 9.73. The molecule has 0 bridgehead atoms. The van der Waals surface area contributed by atoms with E-state index in [0.29, 0.717) is 30.9 Å². The Kier molecular flexibility index (Phi) is 3.44. The summed E-state index contributed by atoms with van der Waals surface area (Å²) in [6.45, 7) is 2.76. The zero-order valence-electron chi connectivity index (χ0n) is 9.73. The number of Topliss-reactive ketones (excluding diaryl/α,β-unsaturated/α-hetero) is 1. The van der Waals surface area contributed by atoms with Crippen molar-refractivity contribution >= 4 is 16.8 Å². The molecule has 1 aromatic heterocycles. The predicted octanol–water partition coefficient (Wildman–Crippen LogP) is 2.36. The Hall–Kier alpha value is -1.81. The fourth-order valence-corrected chi connectivity index (χ4v) is 1.60. The van der Waals surface area contributed by atoms with Crippen LogP contribution in [-0.2, 0) is 0 Å². The Morgan fingerprint density at radius 1 is 1.41 bits per heavy atom. The second-order valence-corrected chi connectivity index (χ2v) is 3.72. The molecule has 17 heavy (non-hydrogen) atoms. The van der Waals surface area contributed by atoms with E-state index < -0.39 is 0 Å². The number of furan rings is 1. The monoisotopic (exact) mass is 233 g/mol. The number of rotatable bonds is 5. The topological polar surface area (TPSA) is 65.5 Å². The third-order valence-electron chi connectivity index (χ3n) is 2.47. The predicted molar refractivity (Wildman–Crippen MR) is 65.4 cm³/mol. The van der Waals surface area contributed by atoms with Gasteiger partial charge in [-0.2, -0.15) is 0 Å². The van der Waals surface area contributed by atoms with Crippen molar-refractivity contribution in [3.63, 3.8) is 0 Å². The van der Waals surface area contributed by atoms with Gasteiger partial charge in [0.1, 0.15) is 17.9 Å². The quantitative estimate of drug-likeness (QED) is 0.805. The molecule has 0 amide bonds. The van der Waals surface area contributed by atoms with Gasteiger partial charge in [-0.15, -0.1) is 0 Å². The van der Waals surface area contributed by atoms with Crippen LogP contribution < -0.4 is 10.5 Å². The highest BCUT2D eigenvalue weighted by atomic mass is 16.5. The summed E-state index contributed by atoms with van der Waals surface area (Å²) in [7, 11) is 0. The molecule has 0 radical (unpaired) electrons. The van der Waals surface area contributed by atoms with Crippen LogP contribution in [0.15, 0.2) is 28.7 Å². The molecule has 0 fully saturated rings. The molecule has 2 aromatic rings. The Morgan fingerprint density at radius 3 is 2.94 bits per heavy atom. The average molecular weight is 233 g/mol. The molecule has 0 aliphatic rings. The molecule has 2 rings (SSSR count). The number of benzene rings is 1. The summed E-state index contributed by atoms with van der Waals surface area (Å²) in [6.07, 6.45) is 0.441. The van der Waals surface area contributed by atoms with Crippen LogP contribution in [0, 0.1) is 0 Å². The third-order valence-corrected chi connectivity index (χ3v) is 2.47. The van der Waals surface area contributed by atoms with Gasteiger partial charge in [0, 0.05) is 18.4 Å². The standard InChI is InChI=1S/C13H15NO3/c1-2-11(15)13-8-9-7-10(16-6-5-14)3-4-12(9)17-13/h3-4,7-8H,2,5-6,14H2,1H3. The van der Waals surface area contributed by atoms with E-state index in [1.807, 2.05) is 19.1 Å². The van der Waals surface area contributed by atoms with Gasteiger partial charge < -0.3 is 14.9 Å². The molecule has 4 heteroatoms. The smallest absolute Gasteiger partial charge is 0.197 e. The summed E-state index contributed by atoms with van der Waals surface area (Å²) < 4.78 is 10.9. The van der Waals surface area contributed by atoms with Gasteiger partial charge in [-0.25, -0.2) is 0 Å². The normalized spacial score (nSPS) is 10.7. The van der Waals surface area contributed by atoms with Crippen molar-refractivity contribution in [1.29, 1.82) is 0 Å². The fourth-order valence-electron chi connectivity index (χ4n) is 1.60. The molecule has 0 unspecified atom stereocenters. The van der Waals surface area contributed by atoms with Gasteiger partial charge in [0.15, 0.2) is 11.5 Å². The molecule has 4 nitrogen and oxygen atoms in total. The van der Waals surface area contributed by atoms with Crippen molar-refractivity contribution in [3.05, 3.63) is 30.0 Å². The van der Waals surface area contributed by atoms with Crippen LogP contribution in [0.1, 0.15) is 23.9 Å². The van der Waals surface area contributed by atoms with Crippen molar-refractivity contribution in [2.24, 2.45) is 5.73 Å². The molecule has 0 spiro atoms. The molecule has 0 aliphatic heterocycles. The summed E-state index contributed by atoms with van der Waals surface area (Å²) in [5.41, 5.74) is 6.06. The number of nitrogens with two attached hydrogens (primary N) is 1. The summed E-state index contributed by atoms with van der Waals surface area (Å²) in [6, 6.07) is 7.20. The first kappa shape index (κ1) is 11.7. The Bertz CT molecular complexity index is 530. The molecule has 0 saturated carbocycles. The lowest BCUT2D eigenvalue weighted by molar-refractivity contribution is 0.0963. The molecule has 0 aliphatic carbocycles. The van der Waals surface area contributed by atoms with E-state index >= 15 is 0 Å². The van der Waals surface area contributed by atoms with Gasteiger partial charge in [-0.3, -0.25) is 4.79 Å². The highest BCUT2D eigenvalue weighted by Crippen LogP contribution is 2.24. The Balaban J connectivity index is 2.31. The van der Waals surface area contributed by atoms with E-state index in [-0.39, 0.29) is 5.78 Å². The molecule has 1 aromatic carbocycles. The fraction of sp³-hybridized carbons (Fsp3) is 0.308. The molecule has 1 heterocycles. The van der Waals surface area contributed by atoms with Crippen LogP contribution >= 0.6 is 0 Å². The van der Waals surface area contributed by atoms with Gasteiger partial charge in [0.2, 0.25) is 0 Å². The number of fused-ring (bicyclic) bond motifs is 1. The molecular formula is C13H15NO3. The van der Waals surface area contributed by atoms with Crippen LogP contribution in [0.5, 0.6) is 5.75 Å². The second kappa shape index (κ2) is 5.01. The van der Waals surface area contributed by atoms with Crippen LogP contribution in [0.2, 0.25) is 0 Å². The number of ketones is 1. The Morgan fingerprint density at radius 2 is 2.24 bits per heavy atom. The van der Waals surface area contributed by atoms with Crippen LogP contribution in [0.4, 0.5) is 0 Å². The van der Waals surface area contributed by atoms with Crippen LogP contribution in [0.25, 0.3) is 11.0 Å². The van der Waals surface area contributed by atoms with Crippen LogP contribution in [-0.4, -0.2) is 18.9 Å². The average Bonchev–Trinajstić information content (AvgIpc) is 2.78. The van der Waals surface area contributed by atoms with Crippen LogP contribution in [0.3, 0.4) is 0 Å². The zero-order chi connectivity index (χ0) is 12.3. The van der Waals surface area contributed by atoms with E-state index in [1.165, 1.54) is 0 Å². The Labute approximate surface area is 99.3 Å². The van der Waals surface area contributed by atoms with Crippen molar-refractivity contribution in [3.8, 4) is 5.75 Å². The van der Waals surface area contributed by atoms with Gasteiger partial charge in [0.25, 0.3) is 0 Å². The molecule has 0 saturated heterocycles. The van der Waals surface area contributed by atoms with E-state index in [9.17, 15) is 4.79 Å². The molecule has 2 N–H and O–H groups in total. The molecule has 90 valence electrons. The third kappa shape index (κ3) is 2.47. The lowest BCUT2D eigenvalue weighted by Crippen LogP contribution is -2.10. The maximum atomic E-state index is 11.5. The second-order valence-electron chi connectivity index (χ2n) is 3.72. The summed E-state index contributed by atoms with van der Waals surface area (Å²) in [4.78, 5) is 11.5. The first-order chi connectivity index (χ1) is 8.24. The minimum Gasteiger partial charge on any atom is -0.492 e. The number of hydrogen-bond acceptors (Lipinski definition) is 4. The lowest BCUT2D eigenvalue weighted by atomic mass is 10.2. The number of carbonyl (C=O) groups is 1. The van der Waals surface area contributed by atoms with Gasteiger partial charge >= 0.3 is 0 Å². The van der Waals surface area contributed by atoms with Gasteiger partial charge in [-0.1, -0.05) is 6.92 Å². The van der Waals surface area contributed by atoms with E-state index in [1.54, 1.807) is 12.1 Å². The SMILES string of the molecule is CCC(=O)c1cc2cc(OCCN)ccc2o1. The van der Waals surface area contributed by atoms with E-state index in [2.05, 4.69) is 0 Å². The first-order valence-corrected chi connectivity index (χ1v) is 5.64. The van der Waals surface area contributed by atoms with E-state index in [0.717, 1.165) is 11.1 Å². The molecule has 0 atom stereocenters. The van der Waals surface area contributed by atoms with E-state index in [4.69, 9.17) is 14.9 Å². The van der Waals surface area contributed by atoms with Crippen molar-refractivity contribution < 1.29 is 13.9 Å². The number of hydrogen-bond donors (Lipinski definition) is 1. The summed E-state index contributed by atoms with van der Waals surface area (Å²) in [5, 5.41) is 0.872. The summed E-state index contributed by atoms with van der Waals surface area (Å²) >= 11 is 0. The number of ether oxygens (including phenoxy) is 1. The maximum absolute atomic E-state index is 11.5. The van der Waals surface area contributed by atoms with Crippen molar-refractivity contribution in [2.45, 2.75) is 13.3 Å². The molecular weight excluding hydrogens is 218 g/mol. The minimum atomic E-state index is 0.00521. The van der Waals surface area contributed by atoms with Crippen molar-refractivity contribution in [2.75, 3.05) is 13.2 Å². The highest BCUT2D eigenvalue weighted by molar-refractivity contribution is 5.97. The maximum Gasteiger partial charge on any atom is 0.197 e. The largest absolute Gasteiger partial charge is 0.492 e. The minimum absolute atomic E-state index is 0.00521.